The molecule has 0 aromatic heterocycles. The molecule has 0 amide bonds. The van der Waals surface area contributed by atoms with Crippen LogP contribution in [0.5, 0.6) is 0 Å². The fourth-order valence-electron chi connectivity index (χ4n) is 2.14. The molecule has 24 heavy (non-hydrogen) atoms. The van der Waals surface area contributed by atoms with Gasteiger partial charge in [0.25, 0.3) is 0 Å². The van der Waals surface area contributed by atoms with Crippen LogP contribution in [0.1, 0.15) is 5.56 Å². The molecule has 0 unspecified atom stereocenters. The molecule has 1 N–H and O–H groups in total. The maximum Gasteiger partial charge on any atom is 0.242 e. The SMILES string of the molecule is C=C(O[Si](C)(C)C)C(=Cc1cc(Br)ccc1I)C1=CC=CC=CN1. The molecule has 1 aliphatic heterocycles. The van der Waals surface area contributed by atoms with Crippen molar-refractivity contribution in [1.82, 2.24) is 5.32 Å². The van der Waals surface area contributed by atoms with Crippen molar-refractivity contribution in [2.75, 3.05) is 0 Å². The average Bonchev–Trinajstić information content (AvgIpc) is 2.75. The third-order valence-electron chi connectivity index (χ3n) is 3.10. The second-order valence-electron chi connectivity index (χ2n) is 6.33. The summed E-state index contributed by atoms with van der Waals surface area (Å²) in [4.78, 5) is 0. The van der Waals surface area contributed by atoms with Crippen LogP contribution in [0, 0.1) is 3.57 Å². The lowest BCUT2D eigenvalue weighted by atomic mass is 10.1. The van der Waals surface area contributed by atoms with E-state index in [0.29, 0.717) is 5.76 Å². The highest BCUT2D eigenvalue weighted by Crippen LogP contribution is 2.28. The van der Waals surface area contributed by atoms with Crippen molar-refractivity contribution in [3.05, 3.63) is 85.9 Å². The molecule has 126 valence electrons. The molecule has 0 fully saturated rings. The van der Waals surface area contributed by atoms with Crippen molar-refractivity contribution in [2.24, 2.45) is 0 Å². The molecule has 2 nitrogen and oxygen atoms in total. The van der Waals surface area contributed by atoms with Crippen LogP contribution < -0.4 is 5.32 Å². The van der Waals surface area contributed by atoms with Gasteiger partial charge in [-0.15, -0.1) is 0 Å². The van der Waals surface area contributed by atoms with Gasteiger partial charge in [0.2, 0.25) is 8.32 Å². The van der Waals surface area contributed by atoms with Crippen molar-refractivity contribution < 1.29 is 4.43 Å². The molecule has 0 saturated heterocycles. The van der Waals surface area contributed by atoms with Crippen LogP contribution in [0.2, 0.25) is 19.6 Å². The molecular weight excluding hydrogens is 493 g/mol. The summed E-state index contributed by atoms with van der Waals surface area (Å²) < 4.78 is 8.39. The van der Waals surface area contributed by atoms with Gasteiger partial charge in [-0.25, -0.2) is 0 Å². The van der Waals surface area contributed by atoms with Gasteiger partial charge in [-0.1, -0.05) is 34.7 Å². The van der Waals surface area contributed by atoms with Crippen LogP contribution in [0.3, 0.4) is 0 Å². The molecule has 0 radical (unpaired) electrons. The Morgan fingerprint density at radius 3 is 2.71 bits per heavy atom. The Morgan fingerprint density at radius 1 is 1.25 bits per heavy atom. The zero-order valence-electron chi connectivity index (χ0n) is 14.1. The summed E-state index contributed by atoms with van der Waals surface area (Å²) in [5.74, 6) is 0.701. The summed E-state index contributed by atoms with van der Waals surface area (Å²) >= 11 is 5.89. The molecule has 0 atom stereocenters. The zero-order chi connectivity index (χ0) is 17.7. The number of benzene rings is 1. The number of allylic oxidation sites excluding steroid dienone is 4. The molecule has 5 heteroatoms. The molecule has 0 bridgehead atoms. The first kappa shape index (κ1) is 19.3. The van der Waals surface area contributed by atoms with E-state index in [9.17, 15) is 0 Å². The Labute approximate surface area is 167 Å². The summed E-state index contributed by atoms with van der Waals surface area (Å²) in [5.41, 5.74) is 3.06. The molecule has 0 aliphatic carbocycles. The molecule has 2 rings (SSSR count). The minimum atomic E-state index is -1.74. The first-order valence-electron chi connectivity index (χ1n) is 7.62. The molecule has 1 aliphatic rings. The Kier molecular flexibility index (Phi) is 6.71. The van der Waals surface area contributed by atoms with Crippen LogP contribution in [-0.2, 0) is 4.43 Å². The predicted octanol–water partition coefficient (Wildman–Crippen LogP) is 6.36. The first-order chi connectivity index (χ1) is 11.3. The van der Waals surface area contributed by atoms with Crippen LogP contribution in [0.4, 0.5) is 0 Å². The molecule has 0 saturated carbocycles. The van der Waals surface area contributed by atoms with Gasteiger partial charge in [-0.2, -0.15) is 0 Å². The monoisotopic (exact) mass is 513 g/mol. The van der Waals surface area contributed by atoms with Gasteiger partial charge in [0, 0.05) is 25.5 Å². The molecule has 0 spiro atoms. The fraction of sp³-hybridized carbons (Fsp3) is 0.158. The van der Waals surface area contributed by atoms with Crippen molar-refractivity contribution in [3.8, 4) is 0 Å². The second kappa shape index (κ2) is 8.36. The highest BCUT2D eigenvalue weighted by atomic mass is 127. The van der Waals surface area contributed by atoms with E-state index >= 15 is 0 Å². The Morgan fingerprint density at radius 2 is 2.00 bits per heavy atom. The number of halogens is 2. The standard InChI is InChI=1S/C19H21BrINOSi/c1-14(23-24(2,3)4)17(19-8-6-5-7-11-22-19)13-15-12-16(20)9-10-18(15)21/h5-13,22H,1H2,2-4H3. The van der Waals surface area contributed by atoms with Crippen molar-refractivity contribution >= 4 is 52.9 Å². The normalized spacial score (nSPS) is 14.7. The van der Waals surface area contributed by atoms with Crippen molar-refractivity contribution in [3.63, 3.8) is 0 Å². The van der Waals surface area contributed by atoms with E-state index in [1.54, 1.807) is 0 Å². The van der Waals surface area contributed by atoms with Crippen molar-refractivity contribution in [2.45, 2.75) is 19.6 Å². The second-order valence-corrected chi connectivity index (χ2v) is 12.8. The Bertz CT molecular complexity index is 757. The number of rotatable bonds is 5. The third kappa shape index (κ3) is 5.79. The predicted molar refractivity (Wildman–Crippen MR) is 118 cm³/mol. The first-order valence-corrected chi connectivity index (χ1v) is 12.9. The Balaban J connectivity index is 2.49. The highest BCUT2D eigenvalue weighted by Gasteiger charge is 2.20. The van der Waals surface area contributed by atoms with Gasteiger partial charge >= 0.3 is 0 Å². The van der Waals surface area contributed by atoms with Crippen LogP contribution in [-0.4, -0.2) is 8.32 Å². The lowest BCUT2D eigenvalue weighted by Gasteiger charge is -2.24. The summed E-state index contributed by atoms with van der Waals surface area (Å²) in [6.07, 6.45) is 12.0. The fourth-order valence-corrected chi connectivity index (χ4v) is 3.86. The van der Waals surface area contributed by atoms with Crippen LogP contribution in [0.25, 0.3) is 6.08 Å². The maximum atomic E-state index is 6.17. The van der Waals surface area contributed by atoms with Gasteiger partial charge in [0.1, 0.15) is 5.76 Å². The number of nitrogens with one attached hydrogen (secondary N) is 1. The summed E-state index contributed by atoms with van der Waals surface area (Å²) in [6, 6.07) is 6.23. The van der Waals surface area contributed by atoms with Crippen LogP contribution >= 0.6 is 38.5 Å². The minimum Gasteiger partial charge on any atom is -0.544 e. The summed E-state index contributed by atoms with van der Waals surface area (Å²) in [6.45, 7) is 10.7. The van der Waals surface area contributed by atoms with Crippen molar-refractivity contribution in [1.29, 1.82) is 0 Å². The van der Waals surface area contributed by atoms with E-state index in [1.807, 2.05) is 36.6 Å². The quantitative estimate of drug-likeness (QED) is 0.214. The van der Waals surface area contributed by atoms with E-state index in [1.165, 1.54) is 3.57 Å². The third-order valence-corrected chi connectivity index (χ3v) is 5.43. The number of hydrogen-bond donors (Lipinski definition) is 1. The van der Waals surface area contributed by atoms with Gasteiger partial charge in [-0.3, -0.25) is 0 Å². The maximum absolute atomic E-state index is 6.17. The highest BCUT2D eigenvalue weighted by molar-refractivity contribution is 14.1. The molecule has 1 aromatic carbocycles. The summed E-state index contributed by atoms with van der Waals surface area (Å²) in [7, 11) is -1.74. The minimum absolute atomic E-state index is 0.701. The average molecular weight is 514 g/mol. The van der Waals surface area contributed by atoms with E-state index in [2.05, 4.69) is 88.3 Å². The molecular formula is C19H21BrINOSi. The van der Waals surface area contributed by atoms with Gasteiger partial charge < -0.3 is 9.74 Å². The van der Waals surface area contributed by atoms with Crippen LogP contribution in [0.15, 0.2) is 76.8 Å². The lowest BCUT2D eigenvalue weighted by Crippen LogP contribution is -2.26. The van der Waals surface area contributed by atoms with E-state index in [0.717, 1.165) is 21.3 Å². The van der Waals surface area contributed by atoms with E-state index in [4.69, 9.17) is 4.43 Å². The lowest BCUT2D eigenvalue weighted by molar-refractivity contribution is 0.437. The zero-order valence-corrected chi connectivity index (χ0v) is 18.8. The van der Waals surface area contributed by atoms with Gasteiger partial charge in [-0.05, 0) is 84.2 Å². The topological polar surface area (TPSA) is 21.3 Å². The van der Waals surface area contributed by atoms with E-state index in [-0.39, 0.29) is 0 Å². The Hall–Kier alpha value is -1.05. The molecule has 1 heterocycles. The van der Waals surface area contributed by atoms with Gasteiger partial charge in [0.05, 0.1) is 0 Å². The smallest absolute Gasteiger partial charge is 0.242 e. The molecule has 1 aromatic rings. The summed E-state index contributed by atoms with van der Waals surface area (Å²) in [5, 5.41) is 3.31. The largest absolute Gasteiger partial charge is 0.544 e. The van der Waals surface area contributed by atoms with Gasteiger partial charge in [0.15, 0.2) is 0 Å². The van der Waals surface area contributed by atoms with E-state index < -0.39 is 8.32 Å². The number of hydrogen-bond acceptors (Lipinski definition) is 2.